The van der Waals surface area contributed by atoms with Crippen LogP contribution in [0.2, 0.25) is 0 Å². The molecule has 0 spiro atoms. The highest BCUT2D eigenvalue weighted by Gasteiger charge is 2.14. The second-order valence-corrected chi connectivity index (χ2v) is 7.82. The molecule has 0 radical (unpaired) electrons. The van der Waals surface area contributed by atoms with Crippen LogP contribution in [-0.4, -0.2) is 24.0 Å². The highest BCUT2D eigenvalue weighted by Crippen LogP contribution is 2.28. The number of amides is 1. The molecule has 2 heterocycles. The van der Waals surface area contributed by atoms with Gasteiger partial charge in [0, 0.05) is 19.2 Å². The molecule has 0 atom stereocenters. The van der Waals surface area contributed by atoms with E-state index >= 15 is 0 Å². The molecule has 0 aliphatic carbocycles. The molecule has 27 heavy (non-hydrogen) atoms. The smallest absolute Gasteiger partial charge is 0.248 e. The summed E-state index contributed by atoms with van der Waals surface area (Å²) in [6.07, 6.45) is 8.34. The molecule has 1 aromatic heterocycles. The van der Waals surface area contributed by atoms with Gasteiger partial charge >= 0.3 is 0 Å². The first-order chi connectivity index (χ1) is 13.3. The Kier molecular flexibility index (Phi) is 5.49. The molecule has 1 amide bonds. The van der Waals surface area contributed by atoms with Gasteiger partial charge in [0.2, 0.25) is 5.91 Å². The number of carbonyl (C=O) groups excluding carboxylic acids is 1. The van der Waals surface area contributed by atoms with E-state index in [4.69, 9.17) is 0 Å². The highest BCUT2D eigenvalue weighted by molar-refractivity contribution is 7.19. The van der Waals surface area contributed by atoms with Crippen molar-refractivity contribution in [2.24, 2.45) is 0 Å². The average Bonchev–Trinajstić information content (AvgIpc) is 2.91. The largest absolute Gasteiger partial charge is 0.370 e. The Bertz CT molecular complexity index is 922. The SMILES string of the molecule is O=C(/C=C/c1nc2ccccc2s1)Nc1ccccc1N1CCCCCC1. The third-order valence-electron chi connectivity index (χ3n) is 4.80. The number of rotatable bonds is 4. The molecule has 0 unspecified atom stereocenters. The second kappa shape index (κ2) is 8.35. The summed E-state index contributed by atoms with van der Waals surface area (Å²) in [6, 6.07) is 16.1. The number of carbonyl (C=O) groups is 1. The summed E-state index contributed by atoms with van der Waals surface area (Å²) in [5.41, 5.74) is 2.95. The summed E-state index contributed by atoms with van der Waals surface area (Å²) in [7, 11) is 0. The van der Waals surface area contributed by atoms with Crippen LogP contribution in [0.1, 0.15) is 30.7 Å². The van der Waals surface area contributed by atoms with Crippen molar-refractivity contribution in [3.05, 3.63) is 59.6 Å². The van der Waals surface area contributed by atoms with Crippen molar-refractivity contribution in [1.29, 1.82) is 0 Å². The molecule has 5 heteroatoms. The van der Waals surface area contributed by atoms with E-state index in [1.165, 1.54) is 25.7 Å². The van der Waals surface area contributed by atoms with Crippen molar-refractivity contribution in [1.82, 2.24) is 4.98 Å². The van der Waals surface area contributed by atoms with Crippen LogP contribution < -0.4 is 10.2 Å². The highest BCUT2D eigenvalue weighted by atomic mass is 32.1. The van der Waals surface area contributed by atoms with Crippen LogP contribution in [0.5, 0.6) is 0 Å². The monoisotopic (exact) mass is 377 g/mol. The van der Waals surface area contributed by atoms with E-state index in [0.717, 1.165) is 39.7 Å². The minimum atomic E-state index is -0.128. The normalized spacial score (nSPS) is 15.2. The van der Waals surface area contributed by atoms with Crippen LogP contribution in [0.4, 0.5) is 11.4 Å². The van der Waals surface area contributed by atoms with E-state index in [1.54, 1.807) is 23.5 Å². The first kappa shape index (κ1) is 17.7. The van der Waals surface area contributed by atoms with Gasteiger partial charge < -0.3 is 10.2 Å². The molecule has 4 rings (SSSR count). The number of benzene rings is 2. The molecule has 1 aliphatic heterocycles. The van der Waals surface area contributed by atoms with Gasteiger partial charge in [-0.15, -0.1) is 11.3 Å². The lowest BCUT2D eigenvalue weighted by Gasteiger charge is -2.25. The number of thiazole rings is 1. The van der Waals surface area contributed by atoms with Crippen LogP contribution in [0.25, 0.3) is 16.3 Å². The average molecular weight is 378 g/mol. The summed E-state index contributed by atoms with van der Waals surface area (Å²) < 4.78 is 1.13. The number of para-hydroxylation sites is 3. The van der Waals surface area contributed by atoms with E-state index in [9.17, 15) is 4.79 Å². The molecule has 4 nitrogen and oxygen atoms in total. The van der Waals surface area contributed by atoms with Gasteiger partial charge in [-0.05, 0) is 43.2 Å². The summed E-state index contributed by atoms with van der Waals surface area (Å²) in [4.78, 5) is 19.4. The number of nitrogens with zero attached hydrogens (tertiary/aromatic N) is 2. The van der Waals surface area contributed by atoms with E-state index in [1.807, 2.05) is 42.5 Å². The third-order valence-corrected chi connectivity index (χ3v) is 5.80. The maximum absolute atomic E-state index is 12.5. The molecular formula is C22H23N3OS. The zero-order valence-electron chi connectivity index (χ0n) is 15.2. The molecule has 138 valence electrons. The minimum Gasteiger partial charge on any atom is -0.370 e. The van der Waals surface area contributed by atoms with Crippen molar-refractivity contribution < 1.29 is 4.79 Å². The standard InChI is InChI=1S/C22H23N3OS/c26-21(13-14-22-24-18-10-4-6-12-20(18)27-22)23-17-9-3-5-11-19(17)25-15-7-1-2-8-16-25/h3-6,9-14H,1-2,7-8,15-16H2,(H,23,26)/b14-13+. The Balaban J connectivity index is 1.47. The zero-order valence-corrected chi connectivity index (χ0v) is 16.0. The van der Waals surface area contributed by atoms with E-state index < -0.39 is 0 Å². The predicted octanol–water partition coefficient (Wildman–Crippen LogP) is 5.33. The maximum Gasteiger partial charge on any atom is 0.248 e. The molecule has 1 N–H and O–H groups in total. The Hall–Kier alpha value is -2.66. The lowest BCUT2D eigenvalue weighted by atomic mass is 10.2. The number of fused-ring (bicyclic) bond motifs is 1. The zero-order chi connectivity index (χ0) is 18.5. The van der Waals surface area contributed by atoms with Gasteiger partial charge in [0.1, 0.15) is 5.01 Å². The maximum atomic E-state index is 12.5. The topological polar surface area (TPSA) is 45.2 Å². The molecule has 2 aromatic carbocycles. The fraction of sp³-hybridized carbons (Fsp3) is 0.273. The van der Waals surface area contributed by atoms with Gasteiger partial charge in [-0.25, -0.2) is 4.98 Å². The van der Waals surface area contributed by atoms with E-state index in [-0.39, 0.29) is 5.91 Å². The van der Waals surface area contributed by atoms with Gasteiger partial charge in [0.05, 0.1) is 21.6 Å². The Labute approximate surface area is 163 Å². The first-order valence-electron chi connectivity index (χ1n) is 9.48. The number of hydrogen-bond acceptors (Lipinski definition) is 4. The van der Waals surface area contributed by atoms with Crippen molar-refractivity contribution in [2.45, 2.75) is 25.7 Å². The van der Waals surface area contributed by atoms with Gasteiger partial charge in [0.25, 0.3) is 0 Å². The quantitative estimate of drug-likeness (QED) is 0.625. The van der Waals surface area contributed by atoms with Crippen LogP contribution in [0.15, 0.2) is 54.6 Å². The van der Waals surface area contributed by atoms with Crippen molar-refractivity contribution in [3.63, 3.8) is 0 Å². The summed E-state index contributed by atoms with van der Waals surface area (Å²) in [5.74, 6) is -0.128. The first-order valence-corrected chi connectivity index (χ1v) is 10.3. The Morgan fingerprint density at radius 3 is 2.56 bits per heavy atom. The fourth-order valence-corrected chi connectivity index (χ4v) is 4.32. The number of anilines is 2. The molecule has 3 aromatic rings. The van der Waals surface area contributed by atoms with Crippen LogP contribution in [0.3, 0.4) is 0 Å². The summed E-state index contributed by atoms with van der Waals surface area (Å²) in [6.45, 7) is 2.10. The van der Waals surface area contributed by atoms with Crippen LogP contribution in [0, 0.1) is 0 Å². The Morgan fingerprint density at radius 2 is 1.74 bits per heavy atom. The summed E-state index contributed by atoms with van der Waals surface area (Å²) >= 11 is 1.59. The number of aromatic nitrogens is 1. The minimum absolute atomic E-state index is 0.128. The molecular weight excluding hydrogens is 354 g/mol. The van der Waals surface area contributed by atoms with Crippen LogP contribution in [-0.2, 0) is 4.79 Å². The van der Waals surface area contributed by atoms with Gasteiger partial charge in [-0.3, -0.25) is 4.79 Å². The van der Waals surface area contributed by atoms with Crippen molar-refractivity contribution in [2.75, 3.05) is 23.3 Å². The van der Waals surface area contributed by atoms with Crippen molar-refractivity contribution in [3.8, 4) is 0 Å². The molecule has 0 saturated carbocycles. The van der Waals surface area contributed by atoms with E-state index in [2.05, 4.69) is 21.3 Å². The van der Waals surface area contributed by atoms with E-state index in [0.29, 0.717) is 0 Å². The fourth-order valence-electron chi connectivity index (χ4n) is 3.45. The molecule has 1 aliphatic rings. The Morgan fingerprint density at radius 1 is 1.00 bits per heavy atom. The van der Waals surface area contributed by atoms with Crippen LogP contribution >= 0.6 is 11.3 Å². The molecule has 0 bridgehead atoms. The lowest BCUT2D eigenvalue weighted by molar-refractivity contribution is -0.111. The van der Waals surface area contributed by atoms with Gasteiger partial charge in [0.15, 0.2) is 0 Å². The lowest BCUT2D eigenvalue weighted by Crippen LogP contribution is -2.25. The summed E-state index contributed by atoms with van der Waals surface area (Å²) in [5, 5.41) is 3.88. The van der Waals surface area contributed by atoms with Gasteiger partial charge in [-0.2, -0.15) is 0 Å². The molecule has 1 fully saturated rings. The predicted molar refractivity (Wildman–Crippen MR) is 114 cm³/mol. The van der Waals surface area contributed by atoms with Gasteiger partial charge in [-0.1, -0.05) is 37.1 Å². The number of hydrogen-bond donors (Lipinski definition) is 1. The second-order valence-electron chi connectivity index (χ2n) is 6.76. The third kappa shape index (κ3) is 4.37. The molecule has 1 saturated heterocycles. The van der Waals surface area contributed by atoms with Crippen molar-refractivity contribution >= 4 is 44.9 Å². The number of nitrogens with one attached hydrogen (secondary N) is 1.